The van der Waals surface area contributed by atoms with Crippen molar-refractivity contribution in [1.29, 1.82) is 0 Å². The minimum absolute atomic E-state index is 0.0946. The minimum Gasteiger partial charge on any atom is -0.494 e. The normalized spacial score (nSPS) is 17.7. The van der Waals surface area contributed by atoms with Crippen LogP contribution in [0.1, 0.15) is 25.7 Å². The molecule has 0 saturated heterocycles. The van der Waals surface area contributed by atoms with Gasteiger partial charge in [0.15, 0.2) is 5.71 Å². The van der Waals surface area contributed by atoms with Crippen molar-refractivity contribution in [2.45, 2.75) is 31.8 Å². The molecule has 1 N–H and O–H groups in total. The lowest BCUT2D eigenvalue weighted by molar-refractivity contribution is -0.129. The molecular weight excluding hydrogens is 246 g/mol. The Hall–Kier alpha value is -2.04. The average Bonchev–Trinajstić information content (AvgIpc) is 2.89. The van der Waals surface area contributed by atoms with Gasteiger partial charge in [-0.2, -0.15) is 0 Å². The summed E-state index contributed by atoms with van der Waals surface area (Å²) in [5.74, 6) is -0.119. The van der Waals surface area contributed by atoms with Crippen molar-refractivity contribution in [2.75, 3.05) is 6.61 Å². The third kappa shape index (κ3) is 4.28. The molecule has 1 aromatic carbocycles. The summed E-state index contributed by atoms with van der Waals surface area (Å²) < 4.78 is 5.57. The van der Waals surface area contributed by atoms with Gasteiger partial charge < -0.3 is 14.7 Å². The summed E-state index contributed by atoms with van der Waals surface area (Å²) in [6, 6.07) is 9.67. The number of oxime groups is 1. The van der Waals surface area contributed by atoms with Crippen LogP contribution < -0.4 is 4.74 Å². The highest BCUT2D eigenvalue weighted by atomic mass is 16.6. The summed E-state index contributed by atoms with van der Waals surface area (Å²) >= 11 is 0. The fourth-order valence-electron chi connectivity index (χ4n) is 1.89. The van der Waals surface area contributed by atoms with Gasteiger partial charge >= 0.3 is 5.97 Å². The van der Waals surface area contributed by atoms with E-state index in [-0.39, 0.29) is 11.8 Å². The number of carbonyl (C=O) groups is 1. The average molecular weight is 263 g/mol. The van der Waals surface area contributed by atoms with Gasteiger partial charge in [0.05, 0.1) is 6.61 Å². The summed E-state index contributed by atoms with van der Waals surface area (Å²) in [5, 5.41) is 12.3. The van der Waals surface area contributed by atoms with E-state index in [1.807, 2.05) is 30.3 Å². The summed E-state index contributed by atoms with van der Waals surface area (Å²) in [4.78, 5) is 15.7. The van der Waals surface area contributed by atoms with E-state index in [1.165, 1.54) is 0 Å². The van der Waals surface area contributed by atoms with Gasteiger partial charge in [0, 0.05) is 6.42 Å². The summed E-state index contributed by atoms with van der Waals surface area (Å²) in [6.45, 7) is 0.656. The molecule has 1 aromatic rings. The van der Waals surface area contributed by atoms with Gasteiger partial charge in [0.2, 0.25) is 0 Å². The van der Waals surface area contributed by atoms with Crippen LogP contribution in [0.25, 0.3) is 0 Å². The molecule has 1 aliphatic rings. The van der Waals surface area contributed by atoms with E-state index in [9.17, 15) is 4.79 Å². The smallest absolute Gasteiger partial charge is 0.353 e. The Morgan fingerprint density at radius 1 is 1.37 bits per heavy atom. The Kier molecular flexibility index (Phi) is 4.78. The second-order valence-corrected chi connectivity index (χ2v) is 4.43. The predicted octanol–water partition coefficient (Wildman–Crippen LogP) is 2.47. The number of aliphatic carboxylic acids is 1. The number of nitrogens with zero attached hydrogens (tertiary/aromatic N) is 1. The van der Waals surface area contributed by atoms with E-state index in [1.54, 1.807) is 0 Å². The zero-order valence-corrected chi connectivity index (χ0v) is 10.6. The van der Waals surface area contributed by atoms with E-state index in [4.69, 9.17) is 14.7 Å². The van der Waals surface area contributed by atoms with E-state index in [0.717, 1.165) is 25.0 Å². The van der Waals surface area contributed by atoms with E-state index in [0.29, 0.717) is 13.0 Å². The first-order valence-electron chi connectivity index (χ1n) is 6.39. The largest absolute Gasteiger partial charge is 0.494 e. The van der Waals surface area contributed by atoms with Crippen molar-refractivity contribution in [3.63, 3.8) is 0 Å². The first kappa shape index (κ1) is 13.4. The number of hydrogen-bond donors (Lipinski definition) is 1. The Balaban J connectivity index is 1.55. The monoisotopic (exact) mass is 263 g/mol. The van der Waals surface area contributed by atoms with Crippen molar-refractivity contribution in [1.82, 2.24) is 0 Å². The molecule has 0 aliphatic carbocycles. The predicted molar refractivity (Wildman–Crippen MR) is 70.3 cm³/mol. The second kappa shape index (κ2) is 6.78. The second-order valence-electron chi connectivity index (χ2n) is 4.43. The molecule has 1 unspecified atom stereocenters. The van der Waals surface area contributed by atoms with E-state index >= 15 is 0 Å². The van der Waals surface area contributed by atoms with Crippen molar-refractivity contribution >= 4 is 11.7 Å². The van der Waals surface area contributed by atoms with Crippen molar-refractivity contribution in [2.24, 2.45) is 5.16 Å². The first-order chi connectivity index (χ1) is 9.25. The van der Waals surface area contributed by atoms with Crippen LogP contribution in [0, 0.1) is 0 Å². The van der Waals surface area contributed by atoms with Gasteiger partial charge in [0.1, 0.15) is 11.9 Å². The molecule has 0 spiro atoms. The molecular formula is C14H17NO4. The molecule has 0 amide bonds. The first-order valence-corrected chi connectivity index (χ1v) is 6.39. The van der Waals surface area contributed by atoms with Crippen LogP contribution in [0.4, 0.5) is 0 Å². The highest BCUT2D eigenvalue weighted by molar-refractivity contribution is 6.35. The highest BCUT2D eigenvalue weighted by Crippen LogP contribution is 2.17. The molecule has 5 nitrogen and oxygen atoms in total. The van der Waals surface area contributed by atoms with Crippen LogP contribution in [-0.4, -0.2) is 29.5 Å². The molecule has 0 radical (unpaired) electrons. The zero-order valence-electron chi connectivity index (χ0n) is 10.6. The van der Waals surface area contributed by atoms with Gasteiger partial charge in [0.25, 0.3) is 0 Å². The van der Waals surface area contributed by atoms with Crippen molar-refractivity contribution in [3.8, 4) is 5.75 Å². The zero-order chi connectivity index (χ0) is 13.5. The summed E-state index contributed by atoms with van der Waals surface area (Å²) in [7, 11) is 0. The maximum atomic E-state index is 10.6. The van der Waals surface area contributed by atoms with Gasteiger partial charge in [-0.25, -0.2) is 4.79 Å². The van der Waals surface area contributed by atoms with Crippen LogP contribution in [0.5, 0.6) is 5.75 Å². The quantitative estimate of drug-likeness (QED) is 0.767. The number of carboxylic acid groups (broad SMARTS) is 1. The number of hydrogen-bond acceptors (Lipinski definition) is 4. The Morgan fingerprint density at radius 3 is 2.84 bits per heavy atom. The maximum Gasteiger partial charge on any atom is 0.353 e. The van der Waals surface area contributed by atoms with Gasteiger partial charge in [-0.3, -0.25) is 0 Å². The maximum absolute atomic E-state index is 10.6. The Morgan fingerprint density at radius 2 is 2.16 bits per heavy atom. The molecule has 2 rings (SSSR count). The molecule has 102 valence electrons. The standard InChI is InChI=1S/C14H17NO4/c16-14(17)13-10-12(19-15-13)8-4-5-9-18-11-6-2-1-3-7-11/h1-3,6-7,12H,4-5,8-10H2,(H,16,17). The topological polar surface area (TPSA) is 68.1 Å². The third-order valence-electron chi connectivity index (χ3n) is 2.91. The number of benzene rings is 1. The van der Waals surface area contributed by atoms with Crippen LogP contribution >= 0.6 is 0 Å². The SMILES string of the molecule is O=C(O)C1=NOC(CCCCOc2ccccc2)C1. The van der Waals surface area contributed by atoms with Crippen LogP contribution in [0.15, 0.2) is 35.5 Å². The van der Waals surface area contributed by atoms with E-state index in [2.05, 4.69) is 5.16 Å². The minimum atomic E-state index is -0.991. The number of ether oxygens (including phenoxy) is 1. The summed E-state index contributed by atoms with van der Waals surface area (Å²) in [5.41, 5.74) is 0.116. The molecule has 19 heavy (non-hydrogen) atoms. The fourth-order valence-corrected chi connectivity index (χ4v) is 1.89. The lowest BCUT2D eigenvalue weighted by Crippen LogP contribution is -2.14. The van der Waals surface area contributed by atoms with Crippen LogP contribution in [-0.2, 0) is 9.63 Å². The van der Waals surface area contributed by atoms with Crippen LogP contribution in [0.2, 0.25) is 0 Å². The van der Waals surface area contributed by atoms with Crippen molar-refractivity contribution in [3.05, 3.63) is 30.3 Å². The number of carboxylic acids is 1. The van der Waals surface area contributed by atoms with Crippen molar-refractivity contribution < 1.29 is 19.5 Å². The van der Waals surface area contributed by atoms with E-state index < -0.39 is 5.97 Å². The highest BCUT2D eigenvalue weighted by Gasteiger charge is 2.24. The third-order valence-corrected chi connectivity index (χ3v) is 2.91. The lowest BCUT2D eigenvalue weighted by Gasteiger charge is -2.08. The number of para-hydroxylation sites is 1. The van der Waals surface area contributed by atoms with Crippen LogP contribution in [0.3, 0.4) is 0 Å². The lowest BCUT2D eigenvalue weighted by atomic mass is 10.1. The molecule has 1 aliphatic heterocycles. The fraction of sp³-hybridized carbons (Fsp3) is 0.429. The molecule has 0 fully saturated rings. The van der Waals surface area contributed by atoms with Gasteiger partial charge in [-0.15, -0.1) is 0 Å². The number of unbranched alkanes of at least 4 members (excludes halogenated alkanes) is 1. The van der Waals surface area contributed by atoms with Gasteiger partial charge in [-0.05, 0) is 31.4 Å². The molecule has 0 bridgehead atoms. The summed E-state index contributed by atoms with van der Waals surface area (Å²) in [6.07, 6.45) is 2.95. The Bertz CT molecular complexity index is 444. The molecule has 0 saturated carbocycles. The molecule has 1 heterocycles. The van der Waals surface area contributed by atoms with Gasteiger partial charge in [-0.1, -0.05) is 23.4 Å². The number of rotatable bonds is 7. The Labute approximate surface area is 111 Å². The molecule has 0 aromatic heterocycles. The molecule has 5 heteroatoms. The molecule has 1 atom stereocenters.